The van der Waals surface area contributed by atoms with Gasteiger partial charge in [-0.05, 0) is 49.2 Å². The van der Waals surface area contributed by atoms with E-state index in [1.807, 2.05) is 25.1 Å². The SMILES string of the molecule is CCOc1c(Cl)cc(CNCCc2c[nH]c3ccccc23)cc1Cl.Cl. The van der Waals surface area contributed by atoms with Crippen LogP contribution in [-0.2, 0) is 13.0 Å². The fourth-order valence-electron chi connectivity index (χ4n) is 2.79. The van der Waals surface area contributed by atoms with Gasteiger partial charge in [0.15, 0.2) is 5.75 Å². The van der Waals surface area contributed by atoms with Crippen LogP contribution in [0.5, 0.6) is 5.75 Å². The minimum Gasteiger partial charge on any atom is -0.491 e. The molecular weight excluding hydrogens is 379 g/mol. The molecule has 0 fully saturated rings. The highest BCUT2D eigenvalue weighted by atomic mass is 35.5. The molecule has 0 radical (unpaired) electrons. The Hall–Kier alpha value is -1.39. The topological polar surface area (TPSA) is 37.0 Å². The van der Waals surface area contributed by atoms with Gasteiger partial charge in [0.05, 0.1) is 16.7 Å². The first kappa shape index (κ1) is 19.9. The quantitative estimate of drug-likeness (QED) is 0.505. The average molecular weight is 400 g/mol. The number of ether oxygens (including phenoxy) is 1. The third-order valence-electron chi connectivity index (χ3n) is 3.92. The molecule has 0 saturated heterocycles. The second-order valence-electron chi connectivity index (χ2n) is 5.61. The van der Waals surface area contributed by atoms with Gasteiger partial charge >= 0.3 is 0 Å². The number of halogens is 3. The van der Waals surface area contributed by atoms with E-state index in [0.29, 0.717) is 28.9 Å². The Kier molecular flexibility index (Phi) is 7.45. The summed E-state index contributed by atoms with van der Waals surface area (Å²) >= 11 is 12.5. The molecule has 0 aliphatic carbocycles. The van der Waals surface area contributed by atoms with Crippen LogP contribution >= 0.6 is 35.6 Å². The first-order valence-corrected chi connectivity index (χ1v) is 8.81. The van der Waals surface area contributed by atoms with Crippen LogP contribution in [0.25, 0.3) is 10.9 Å². The van der Waals surface area contributed by atoms with Crippen LogP contribution in [0.1, 0.15) is 18.1 Å². The van der Waals surface area contributed by atoms with Gasteiger partial charge in [-0.1, -0.05) is 41.4 Å². The fraction of sp³-hybridized carbons (Fsp3) is 0.263. The number of aromatic nitrogens is 1. The predicted molar refractivity (Wildman–Crippen MR) is 109 cm³/mol. The molecule has 2 N–H and O–H groups in total. The van der Waals surface area contributed by atoms with E-state index in [1.165, 1.54) is 16.5 Å². The first-order chi connectivity index (χ1) is 11.7. The van der Waals surface area contributed by atoms with E-state index in [1.54, 1.807) is 0 Å². The molecule has 0 spiro atoms. The van der Waals surface area contributed by atoms with Crippen LogP contribution in [0.3, 0.4) is 0 Å². The maximum absolute atomic E-state index is 6.23. The van der Waals surface area contributed by atoms with E-state index in [4.69, 9.17) is 27.9 Å². The monoisotopic (exact) mass is 398 g/mol. The van der Waals surface area contributed by atoms with Gasteiger partial charge in [0.1, 0.15) is 0 Å². The summed E-state index contributed by atoms with van der Waals surface area (Å²) < 4.78 is 5.45. The van der Waals surface area contributed by atoms with E-state index < -0.39 is 0 Å². The molecule has 0 aliphatic rings. The maximum Gasteiger partial charge on any atom is 0.156 e. The van der Waals surface area contributed by atoms with Gasteiger partial charge in [0.25, 0.3) is 0 Å². The lowest BCUT2D eigenvalue weighted by Crippen LogP contribution is -2.16. The number of benzene rings is 2. The van der Waals surface area contributed by atoms with Gasteiger partial charge in [-0.25, -0.2) is 0 Å². The van der Waals surface area contributed by atoms with Gasteiger partial charge < -0.3 is 15.0 Å². The molecule has 6 heteroatoms. The van der Waals surface area contributed by atoms with E-state index >= 15 is 0 Å². The fourth-order valence-corrected chi connectivity index (χ4v) is 3.43. The molecule has 1 aromatic heterocycles. The van der Waals surface area contributed by atoms with Crippen molar-refractivity contribution in [2.45, 2.75) is 19.9 Å². The minimum absolute atomic E-state index is 0. The molecular formula is C19H21Cl3N2O. The molecule has 0 atom stereocenters. The first-order valence-electron chi connectivity index (χ1n) is 8.05. The second kappa shape index (κ2) is 9.35. The molecule has 1 heterocycles. The molecule has 0 unspecified atom stereocenters. The smallest absolute Gasteiger partial charge is 0.156 e. The molecule has 3 nitrogen and oxygen atoms in total. The second-order valence-corrected chi connectivity index (χ2v) is 6.42. The van der Waals surface area contributed by atoms with Crippen molar-refractivity contribution in [3.63, 3.8) is 0 Å². The van der Waals surface area contributed by atoms with Crippen molar-refractivity contribution in [2.24, 2.45) is 0 Å². The van der Waals surface area contributed by atoms with Crippen molar-refractivity contribution in [1.82, 2.24) is 10.3 Å². The number of H-pyrrole nitrogens is 1. The highest BCUT2D eigenvalue weighted by Gasteiger charge is 2.09. The summed E-state index contributed by atoms with van der Waals surface area (Å²) in [5, 5.41) is 5.83. The molecule has 3 rings (SSSR count). The van der Waals surface area contributed by atoms with Crippen LogP contribution < -0.4 is 10.1 Å². The Bertz CT molecular complexity index is 809. The van der Waals surface area contributed by atoms with Crippen molar-refractivity contribution < 1.29 is 4.74 Å². The summed E-state index contributed by atoms with van der Waals surface area (Å²) in [6.07, 6.45) is 3.04. The highest BCUT2D eigenvalue weighted by molar-refractivity contribution is 6.37. The molecule has 0 amide bonds. The number of rotatable bonds is 7. The lowest BCUT2D eigenvalue weighted by Gasteiger charge is -2.11. The average Bonchev–Trinajstić information content (AvgIpc) is 2.98. The molecule has 2 aromatic carbocycles. The van der Waals surface area contributed by atoms with Gasteiger partial charge in [-0.2, -0.15) is 0 Å². The third-order valence-corrected chi connectivity index (χ3v) is 4.48. The zero-order valence-corrected chi connectivity index (χ0v) is 16.3. The Labute approximate surface area is 164 Å². The van der Waals surface area contributed by atoms with Crippen molar-refractivity contribution in [3.8, 4) is 5.75 Å². The summed E-state index contributed by atoms with van der Waals surface area (Å²) in [5.74, 6) is 0.559. The zero-order chi connectivity index (χ0) is 16.9. The number of hydrogen-bond donors (Lipinski definition) is 2. The lowest BCUT2D eigenvalue weighted by molar-refractivity contribution is 0.340. The van der Waals surface area contributed by atoms with Crippen LogP contribution in [0.2, 0.25) is 10.0 Å². The Morgan fingerprint density at radius 3 is 2.56 bits per heavy atom. The number of hydrogen-bond acceptors (Lipinski definition) is 2. The standard InChI is InChI=1S/C19H20Cl2N2O.ClH/c1-2-24-19-16(20)9-13(10-17(19)21)11-22-8-7-14-12-23-18-6-4-3-5-15(14)18;/h3-6,9-10,12,22-23H,2,7-8,11H2,1H3;1H. The van der Waals surface area contributed by atoms with Crippen LogP contribution in [0.4, 0.5) is 0 Å². The van der Waals surface area contributed by atoms with Crippen molar-refractivity contribution in [1.29, 1.82) is 0 Å². The van der Waals surface area contributed by atoms with Crippen molar-refractivity contribution in [3.05, 3.63) is 63.8 Å². The molecule has 3 aromatic rings. The molecule has 134 valence electrons. The van der Waals surface area contributed by atoms with Gasteiger partial charge in [0, 0.05) is 23.6 Å². The van der Waals surface area contributed by atoms with Crippen LogP contribution in [0, 0.1) is 0 Å². The van der Waals surface area contributed by atoms with Gasteiger partial charge in [-0.15, -0.1) is 12.4 Å². The van der Waals surface area contributed by atoms with Crippen LogP contribution in [-0.4, -0.2) is 18.1 Å². The van der Waals surface area contributed by atoms with E-state index in [9.17, 15) is 0 Å². The maximum atomic E-state index is 6.23. The number of para-hydroxylation sites is 1. The predicted octanol–water partition coefficient (Wildman–Crippen LogP) is 5.63. The van der Waals surface area contributed by atoms with E-state index in [0.717, 1.165) is 18.5 Å². The molecule has 0 bridgehead atoms. The summed E-state index contributed by atoms with van der Waals surface area (Å²) in [4.78, 5) is 3.30. The highest BCUT2D eigenvalue weighted by Crippen LogP contribution is 2.34. The Morgan fingerprint density at radius 2 is 1.84 bits per heavy atom. The van der Waals surface area contributed by atoms with Crippen LogP contribution in [0.15, 0.2) is 42.6 Å². The molecule has 0 saturated carbocycles. The summed E-state index contributed by atoms with van der Waals surface area (Å²) in [5.41, 5.74) is 3.55. The normalized spacial score (nSPS) is 10.7. The summed E-state index contributed by atoms with van der Waals surface area (Å²) in [6.45, 7) is 4.05. The Balaban J connectivity index is 0.00000225. The largest absolute Gasteiger partial charge is 0.491 e. The summed E-state index contributed by atoms with van der Waals surface area (Å²) in [6, 6.07) is 12.1. The van der Waals surface area contributed by atoms with Gasteiger partial charge in [-0.3, -0.25) is 0 Å². The number of nitrogens with one attached hydrogen (secondary N) is 2. The van der Waals surface area contributed by atoms with E-state index in [-0.39, 0.29) is 12.4 Å². The van der Waals surface area contributed by atoms with Crippen molar-refractivity contribution in [2.75, 3.05) is 13.2 Å². The third kappa shape index (κ3) is 4.83. The number of fused-ring (bicyclic) bond motifs is 1. The lowest BCUT2D eigenvalue weighted by atomic mass is 10.1. The Morgan fingerprint density at radius 1 is 1.12 bits per heavy atom. The summed E-state index contributed by atoms with van der Waals surface area (Å²) in [7, 11) is 0. The van der Waals surface area contributed by atoms with E-state index in [2.05, 4.69) is 34.7 Å². The zero-order valence-electron chi connectivity index (χ0n) is 13.9. The number of aromatic amines is 1. The molecule has 0 aliphatic heterocycles. The van der Waals surface area contributed by atoms with Gasteiger partial charge in [0.2, 0.25) is 0 Å². The molecule has 25 heavy (non-hydrogen) atoms. The minimum atomic E-state index is 0. The van der Waals surface area contributed by atoms with Crippen molar-refractivity contribution >= 4 is 46.5 Å².